The van der Waals surface area contributed by atoms with Gasteiger partial charge in [-0.1, -0.05) is 18.2 Å². The molecule has 0 bridgehead atoms. The molecule has 0 aliphatic carbocycles. The van der Waals surface area contributed by atoms with Crippen molar-refractivity contribution < 1.29 is 19.1 Å². The third kappa shape index (κ3) is 3.44. The molecule has 1 heterocycles. The van der Waals surface area contributed by atoms with E-state index in [1.165, 1.54) is 0 Å². The highest BCUT2D eigenvalue weighted by atomic mass is 16.5. The molecule has 5 heteroatoms. The lowest BCUT2D eigenvalue weighted by molar-refractivity contribution is 0.0661. The van der Waals surface area contributed by atoms with Crippen molar-refractivity contribution >= 4 is 5.97 Å². The summed E-state index contributed by atoms with van der Waals surface area (Å²) in [6.45, 7) is 4.32. The molecule has 0 unspecified atom stereocenters. The summed E-state index contributed by atoms with van der Waals surface area (Å²) in [7, 11) is 1.64. The molecule has 21 heavy (non-hydrogen) atoms. The summed E-state index contributed by atoms with van der Waals surface area (Å²) >= 11 is 0. The van der Waals surface area contributed by atoms with E-state index in [0.717, 1.165) is 16.9 Å². The van der Waals surface area contributed by atoms with Crippen molar-refractivity contribution in [3.63, 3.8) is 0 Å². The number of carbonyl (C=O) groups is 1. The first-order valence-corrected chi connectivity index (χ1v) is 6.71. The van der Waals surface area contributed by atoms with Gasteiger partial charge in [0.05, 0.1) is 7.11 Å². The number of aryl methyl sites for hydroxylation is 1. The number of carboxylic acid groups (broad SMARTS) is 1. The molecule has 1 aromatic heterocycles. The highest BCUT2D eigenvalue weighted by Crippen LogP contribution is 2.25. The highest BCUT2D eigenvalue weighted by molar-refractivity contribution is 5.84. The Hall–Kier alpha value is -2.27. The number of hydrogen-bond acceptors (Lipinski definition) is 4. The average Bonchev–Trinajstić information content (AvgIpc) is 2.86. The van der Waals surface area contributed by atoms with Crippen molar-refractivity contribution in [1.29, 1.82) is 0 Å². The first-order valence-electron chi connectivity index (χ1n) is 6.71. The fraction of sp³-hybridized carbons (Fsp3) is 0.312. The van der Waals surface area contributed by atoms with E-state index >= 15 is 0 Å². The zero-order chi connectivity index (χ0) is 15.4. The van der Waals surface area contributed by atoms with Crippen molar-refractivity contribution in [3.8, 4) is 5.75 Å². The van der Waals surface area contributed by atoms with Crippen LogP contribution in [-0.4, -0.2) is 18.2 Å². The number of para-hydroxylation sites is 1. The van der Waals surface area contributed by atoms with E-state index in [0.29, 0.717) is 12.3 Å². The summed E-state index contributed by atoms with van der Waals surface area (Å²) in [5.41, 5.74) is 1.90. The minimum atomic E-state index is -1.05. The molecule has 0 radical (unpaired) electrons. The Morgan fingerprint density at radius 1 is 1.43 bits per heavy atom. The van der Waals surface area contributed by atoms with Crippen molar-refractivity contribution in [2.75, 3.05) is 7.11 Å². The largest absolute Gasteiger partial charge is 0.496 e. The van der Waals surface area contributed by atoms with Crippen LogP contribution in [0.5, 0.6) is 5.75 Å². The van der Waals surface area contributed by atoms with Gasteiger partial charge in [0, 0.05) is 23.7 Å². The van der Waals surface area contributed by atoms with Crippen LogP contribution in [0, 0.1) is 6.92 Å². The van der Waals surface area contributed by atoms with E-state index in [1.807, 2.05) is 31.2 Å². The first-order chi connectivity index (χ1) is 10.0. The van der Waals surface area contributed by atoms with E-state index in [1.54, 1.807) is 20.1 Å². The van der Waals surface area contributed by atoms with Gasteiger partial charge in [-0.25, -0.2) is 4.79 Å². The number of hydrogen-bond donors (Lipinski definition) is 2. The van der Waals surface area contributed by atoms with Crippen LogP contribution in [0.1, 0.15) is 40.4 Å². The number of methoxy groups -OCH3 is 1. The molecule has 0 aliphatic heterocycles. The fourth-order valence-corrected chi connectivity index (χ4v) is 2.20. The Morgan fingerprint density at radius 2 is 2.14 bits per heavy atom. The average molecular weight is 289 g/mol. The van der Waals surface area contributed by atoms with Crippen LogP contribution in [0.2, 0.25) is 0 Å². The molecule has 2 N–H and O–H groups in total. The molecule has 0 amide bonds. The standard InChI is InChI=1S/C16H19NO4/c1-10(13-6-4-5-7-14(13)20-3)17-9-12-8-15(16(18)19)21-11(12)2/h4-8,10,17H,9H2,1-3H3,(H,18,19)/t10-/m1/s1. The molecule has 0 saturated heterocycles. The lowest BCUT2D eigenvalue weighted by atomic mass is 10.1. The van der Waals surface area contributed by atoms with Gasteiger partial charge >= 0.3 is 5.97 Å². The molecule has 0 saturated carbocycles. The minimum Gasteiger partial charge on any atom is -0.496 e. The molecule has 2 aromatic rings. The second-order valence-corrected chi connectivity index (χ2v) is 4.84. The fourth-order valence-electron chi connectivity index (χ4n) is 2.20. The molecular weight excluding hydrogens is 270 g/mol. The summed E-state index contributed by atoms with van der Waals surface area (Å²) in [5.74, 6) is 0.358. The number of aromatic carboxylic acids is 1. The lowest BCUT2D eigenvalue weighted by Crippen LogP contribution is -2.18. The first kappa shape index (κ1) is 15.1. The van der Waals surface area contributed by atoms with Gasteiger partial charge in [0.25, 0.3) is 0 Å². The van der Waals surface area contributed by atoms with Crippen LogP contribution in [-0.2, 0) is 6.54 Å². The number of nitrogens with one attached hydrogen (secondary N) is 1. The normalized spacial score (nSPS) is 12.1. The van der Waals surface area contributed by atoms with Gasteiger partial charge in [0.1, 0.15) is 11.5 Å². The molecule has 1 aromatic carbocycles. The Kier molecular flexibility index (Phi) is 4.65. The van der Waals surface area contributed by atoms with Crippen molar-refractivity contribution in [1.82, 2.24) is 5.32 Å². The lowest BCUT2D eigenvalue weighted by Gasteiger charge is -2.17. The van der Waals surface area contributed by atoms with Gasteiger partial charge < -0.3 is 19.6 Å². The van der Waals surface area contributed by atoms with Gasteiger partial charge in [-0.05, 0) is 26.0 Å². The number of ether oxygens (including phenoxy) is 1. The van der Waals surface area contributed by atoms with Crippen LogP contribution in [0.25, 0.3) is 0 Å². The Balaban J connectivity index is 2.07. The van der Waals surface area contributed by atoms with Gasteiger partial charge in [-0.15, -0.1) is 0 Å². The Morgan fingerprint density at radius 3 is 2.76 bits per heavy atom. The van der Waals surface area contributed by atoms with Crippen LogP contribution in [0.3, 0.4) is 0 Å². The zero-order valence-corrected chi connectivity index (χ0v) is 12.3. The quantitative estimate of drug-likeness (QED) is 0.854. The van der Waals surface area contributed by atoms with Crippen LogP contribution >= 0.6 is 0 Å². The van der Waals surface area contributed by atoms with Crippen LogP contribution in [0.4, 0.5) is 0 Å². The monoisotopic (exact) mass is 289 g/mol. The van der Waals surface area contributed by atoms with Crippen molar-refractivity contribution in [3.05, 3.63) is 53.0 Å². The maximum absolute atomic E-state index is 10.9. The van der Waals surface area contributed by atoms with Crippen molar-refractivity contribution in [2.45, 2.75) is 26.4 Å². The van der Waals surface area contributed by atoms with E-state index in [4.69, 9.17) is 14.3 Å². The summed E-state index contributed by atoms with van der Waals surface area (Å²) in [6, 6.07) is 9.43. The van der Waals surface area contributed by atoms with Gasteiger partial charge in [-0.2, -0.15) is 0 Å². The highest BCUT2D eigenvalue weighted by Gasteiger charge is 2.15. The second-order valence-electron chi connectivity index (χ2n) is 4.84. The Bertz CT molecular complexity index is 633. The molecule has 0 spiro atoms. The summed E-state index contributed by atoms with van der Waals surface area (Å²) in [6.07, 6.45) is 0. The molecule has 112 valence electrons. The topological polar surface area (TPSA) is 71.7 Å². The third-order valence-corrected chi connectivity index (χ3v) is 3.44. The molecule has 0 aliphatic rings. The summed E-state index contributed by atoms with van der Waals surface area (Å²) in [4.78, 5) is 10.9. The molecule has 0 fully saturated rings. The number of furan rings is 1. The van der Waals surface area contributed by atoms with Gasteiger partial charge in [0.2, 0.25) is 5.76 Å². The third-order valence-electron chi connectivity index (χ3n) is 3.44. The van der Waals surface area contributed by atoms with Gasteiger partial charge in [-0.3, -0.25) is 0 Å². The predicted octanol–water partition coefficient (Wildman–Crippen LogP) is 3.15. The zero-order valence-electron chi connectivity index (χ0n) is 12.3. The number of benzene rings is 1. The van der Waals surface area contributed by atoms with E-state index in [-0.39, 0.29) is 11.8 Å². The number of carboxylic acids is 1. The molecule has 1 atom stereocenters. The SMILES string of the molecule is COc1ccccc1[C@@H](C)NCc1cc(C(=O)O)oc1C. The number of rotatable bonds is 6. The predicted molar refractivity (Wildman–Crippen MR) is 78.7 cm³/mol. The Labute approximate surface area is 123 Å². The van der Waals surface area contributed by atoms with Crippen molar-refractivity contribution in [2.24, 2.45) is 0 Å². The minimum absolute atomic E-state index is 0.0331. The molecule has 5 nitrogen and oxygen atoms in total. The van der Waals surface area contributed by atoms with E-state index < -0.39 is 5.97 Å². The maximum atomic E-state index is 10.9. The molecular formula is C16H19NO4. The van der Waals surface area contributed by atoms with Crippen LogP contribution in [0.15, 0.2) is 34.7 Å². The smallest absolute Gasteiger partial charge is 0.371 e. The molecule has 2 rings (SSSR count). The van der Waals surface area contributed by atoms with Gasteiger partial charge in [0.15, 0.2) is 0 Å². The van der Waals surface area contributed by atoms with E-state index in [2.05, 4.69) is 5.32 Å². The second kappa shape index (κ2) is 6.45. The summed E-state index contributed by atoms with van der Waals surface area (Å²) < 4.78 is 10.5. The van der Waals surface area contributed by atoms with E-state index in [9.17, 15) is 4.79 Å². The summed E-state index contributed by atoms with van der Waals surface area (Å²) in [5, 5.41) is 12.3. The maximum Gasteiger partial charge on any atom is 0.371 e. The van der Waals surface area contributed by atoms with Crippen LogP contribution < -0.4 is 10.1 Å².